The number of nitrogens with one attached hydrogen (secondary N) is 1. The highest BCUT2D eigenvalue weighted by Gasteiger charge is 2.33. The number of rotatable bonds is 6. The van der Waals surface area contributed by atoms with E-state index in [1.807, 2.05) is 26.0 Å². The quantitative estimate of drug-likeness (QED) is 0.247. The molecule has 0 radical (unpaired) electrons. The van der Waals surface area contributed by atoms with Gasteiger partial charge in [-0.1, -0.05) is 0 Å². The molecule has 1 fully saturated rings. The number of hydrogen-bond acceptors (Lipinski definition) is 9. The largest absolute Gasteiger partial charge is 0.483 e. The van der Waals surface area contributed by atoms with Gasteiger partial charge in [0.05, 0.1) is 34.6 Å². The number of ether oxygens (including phenoxy) is 3. The molecule has 2 atom stereocenters. The van der Waals surface area contributed by atoms with Crippen molar-refractivity contribution in [1.82, 2.24) is 19.9 Å². The van der Waals surface area contributed by atoms with Crippen LogP contribution < -0.4 is 14.8 Å². The van der Waals surface area contributed by atoms with Crippen LogP contribution in [0.15, 0.2) is 48.8 Å². The number of carbonyl (C=O) groups excluding carboxylic acids is 1. The zero-order valence-electron chi connectivity index (χ0n) is 22.1. The first-order chi connectivity index (χ1) is 19.4. The Kier molecular flexibility index (Phi) is 6.89. The predicted molar refractivity (Wildman–Crippen MR) is 151 cm³/mol. The molecule has 0 bridgehead atoms. The maximum absolute atomic E-state index is 15.2. The van der Waals surface area contributed by atoms with E-state index in [9.17, 15) is 4.79 Å². The van der Waals surface area contributed by atoms with Crippen molar-refractivity contribution < 1.29 is 23.4 Å². The zero-order valence-corrected chi connectivity index (χ0v) is 22.9. The van der Waals surface area contributed by atoms with E-state index in [1.165, 1.54) is 17.4 Å². The minimum atomic E-state index is -0.583. The maximum Gasteiger partial charge on any atom is 0.412 e. The fraction of sp³-hybridized carbons (Fsp3) is 0.276. The molecule has 204 valence electrons. The lowest BCUT2D eigenvalue weighted by Gasteiger charge is -2.22. The number of halogens is 1. The monoisotopic (exact) mass is 559 g/mol. The molecule has 0 aliphatic heterocycles. The normalized spacial score (nSPS) is 16.8. The zero-order chi connectivity index (χ0) is 27.8. The third-order valence-electron chi connectivity index (χ3n) is 6.72. The third kappa shape index (κ3) is 5.24. The second-order valence-corrected chi connectivity index (χ2v) is 10.7. The van der Waals surface area contributed by atoms with E-state index >= 15 is 4.39 Å². The standard InChI is InChI=1S/C29H26FN5O4S/c1-15-9-18(27-21(10-15)34-26(37-3)14-32-27)28-35-20-12-19(30)24(13-25(20)40-28)38-22-5-4-6-23(22)39-29(36)33-17-7-8-31-16(2)11-17/h7-14,22-23H,4-6H2,1-3H3,(H,31,33,36)/t22-,23+/m0/s1. The van der Waals surface area contributed by atoms with E-state index in [1.54, 1.807) is 37.7 Å². The van der Waals surface area contributed by atoms with E-state index < -0.39 is 24.1 Å². The SMILES string of the molecule is COc1cnc2c(-c3nc4cc(F)c(O[C@H]5CCC[C@H]5OC(=O)Nc5ccnc(C)c5)cc4s3)cc(C)cc2n1. The topological polar surface area (TPSA) is 108 Å². The third-order valence-corrected chi connectivity index (χ3v) is 7.77. The summed E-state index contributed by atoms with van der Waals surface area (Å²) in [5.41, 5.74) is 5.08. The Labute approximate surface area is 233 Å². The molecule has 0 spiro atoms. The molecule has 3 aromatic heterocycles. The average Bonchev–Trinajstić information content (AvgIpc) is 3.54. The first-order valence-corrected chi connectivity index (χ1v) is 13.7. The van der Waals surface area contributed by atoms with Crippen molar-refractivity contribution in [1.29, 1.82) is 0 Å². The fourth-order valence-corrected chi connectivity index (χ4v) is 5.87. The molecule has 3 heterocycles. The molecule has 1 saturated carbocycles. The maximum atomic E-state index is 15.2. The van der Waals surface area contributed by atoms with Gasteiger partial charge in [0.2, 0.25) is 5.88 Å². The Morgan fingerprint density at radius 3 is 2.73 bits per heavy atom. The van der Waals surface area contributed by atoms with Crippen molar-refractivity contribution in [2.75, 3.05) is 12.4 Å². The smallest absolute Gasteiger partial charge is 0.412 e. The van der Waals surface area contributed by atoms with Gasteiger partial charge in [0, 0.05) is 35.3 Å². The number of methoxy groups -OCH3 is 1. The molecule has 6 rings (SSSR count). The van der Waals surface area contributed by atoms with Gasteiger partial charge in [0.1, 0.15) is 17.2 Å². The summed E-state index contributed by atoms with van der Waals surface area (Å²) >= 11 is 1.42. The number of hydrogen-bond donors (Lipinski definition) is 1. The lowest BCUT2D eigenvalue weighted by Crippen LogP contribution is -2.32. The van der Waals surface area contributed by atoms with Crippen LogP contribution in [0, 0.1) is 19.7 Å². The van der Waals surface area contributed by atoms with Crippen LogP contribution in [0.2, 0.25) is 0 Å². The van der Waals surface area contributed by atoms with Crippen LogP contribution in [0.4, 0.5) is 14.9 Å². The van der Waals surface area contributed by atoms with Crippen molar-refractivity contribution in [3.05, 3.63) is 65.9 Å². The molecule has 1 aliphatic carbocycles. The Morgan fingerprint density at radius 2 is 1.90 bits per heavy atom. The Morgan fingerprint density at radius 1 is 1.05 bits per heavy atom. The van der Waals surface area contributed by atoms with Gasteiger partial charge >= 0.3 is 6.09 Å². The molecule has 0 unspecified atom stereocenters. The summed E-state index contributed by atoms with van der Waals surface area (Å²) < 4.78 is 32.9. The van der Waals surface area contributed by atoms with Gasteiger partial charge in [0.15, 0.2) is 11.6 Å². The number of anilines is 1. The molecule has 40 heavy (non-hydrogen) atoms. The van der Waals surface area contributed by atoms with Crippen molar-refractivity contribution in [2.24, 2.45) is 0 Å². The molecular weight excluding hydrogens is 533 g/mol. The summed E-state index contributed by atoms with van der Waals surface area (Å²) in [4.78, 5) is 30.4. The van der Waals surface area contributed by atoms with Crippen LogP contribution >= 0.6 is 11.3 Å². The molecule has 1 aliphatic rings. The lowest BCUT2D eigenvalue weighted by molar-refractivity contribution is 0.0401. The summed E-state index contributed by atoms with van der Waals surface area (Å²) in [5.74, 6) is 0.00804. The summed E-state index contributed by atoms with van der Waals surface area (Å²) in [5, 5.41) is 3.42. The molecule has 11 heteroatoms. The molecular formula is C29H26FN5O4S. The van der Waals surface area contributed by atoms with Crippen molar-refractivity contribution in [3.63, 3.8) is 0 Å². The number of amides is 1. The van der Waals surface area contributed by atoms with Crippen LogP contribution in [0.25, 0.3) is 31.8 Å². The van der Waals surface area contributed by atoms with E-state index in [2.05, 4.69) is 20.3 Å². The van der Waals surface area contributed by atoms with Gasteiger partial charge in [-0.2, -0.15) is 0 Å². The second-order valence-electron chi connectivity index (χ2n) is 9.70. The fourth-order valence-electron chi connectivity index (χ4n) is 4.88. The first kappa shape index (κ1) is 25.9. The Hall–Kier alpha value is -4.38. The van der Waals surface area contributed by atoms with Crippen LogP contribution in [0.5, 0.6) is 11.6 Å². The van der Waals surface area contributed by atoms with Crippen molar-refractivity contribution in [3.8, 4) is 22.2 Å². The van der Waals surface area contributed by atoms with Crippen LogP contribution in [0.1, 0.15) is 30.5 Å². The number of nitrogens with zero attached hydrogens (tertiary/aromatic N) is 4. The average molecular weight is 560 g/mol. The summed E-state index contributed by atoms with van der Waals surface area (Å²) in [6.45, 7) is 3.81. The summed E-state index contributed by atoms with van der Waals surface area (Å²) in [7, 11) is 1.55. The Balaban J connectivity index is 1.23. The van der Waals surface area contributed by atoms with E-state index in [0.717, 1.165) is 27.9 Å². The number of thiazole rings is 1. The van der Waals surface area contributed by atoms with Gasteiger partial charge in [-0.25, -0.2) is 24.1 Å². The minimum absolute atomic E-state index is 0.104. The number of carbonyl (C=O) groups is 1. The molecule has 5 aromatic rings. The highest BCUT2D eigenvalue weighted by Crippen LogP contribution is 2.38. The number of aromatic nitrogens is 4. The molecule has 0 saturated heterocycles. The van der Waals surface area contributed by atoms with Crippen LogP contribution in [-0.2, 0) is 4.74 Å². The molecule has 1 amide bonds. The predicted octanol–water partition coefficient (Wildman–Crippen LogP) is 6.61. The number of benzene rings is 2. The number of aryl methyl sites for hydroxylation is 2. The minimum Gasteiger partial charge on any atom is -0.483 e. The van der Waals surface area contributed by atoms with Gasteiger partial charge in [-0.3, -0.25) is 10.3 Å². The summed E-state index contributed by atoms with van der Waals surface area (Å²) in [6, 6.07) is 10.4. The van der Waals surface area contributed by atoms with Gasteiger partial charge in [0.25, 0.3) is 0 Å². The number of pyridine rings is 1. The number of fused-ring (bicyclic) bond motifs is 2. The van der Waals surface area contributed by atoms with Gasteiger partial charge in [-0.15, -0.1) is 11.3 Å². The van der Waals surface area contributed by atoms with E-state index in [-0.39, 0.29) is 5.75 Å². The summed E-state index contributed by atoms with van der Waals surface area (Å²) in [6.07, 6.45) is 3.72. The van der Waals surface area contributed by atoms with Crippen LogP contribution in [-0.4, -0.2) is 45.3 Å². The van der Waals surface area contributed by atoms with E-state index in [4.69, 9.17) is 19.2 Å². The highest BCUT2D eigenvalue weighted by molar-refractivity contribution is 7.21. The molecule has 1 N–H and O–H groups in total. The van der Waals surface area contributed by atoms with Crippen molar-refractivity contribution in [2.45, 2.75) is 45.3 Å². The molecule has 9 nitrogen and oxygen atoms in total. The van der Waals surface area contributed by atoms with Crippen molar-refractivity contribution >= 4 is 44.4 Å². The Bertz CT molecular complexity index is 1740. The van der Waals surface area contributed by atoms with Crippen LogP contribution in [0.3, 0.4) is 0 Å². The van der Waals surface area contributed by atoms with Gasteiger partial charge < -0.3 is 14.2 Å². The first-order valence-electron chi connectivity index (χ1n) is 12.8. The van der Waals surface area contributed by atoms with E-state index in [0.29, 0.717) is 46.0 Å². The molecule has 2 aromatic carbocycles. The van der Waals surface area contributed by atoms with Gasteiger partial charge in [-0.05, 0) is 62.9 Å². The second kappa shape index (κ2) is 10.6. The lowest BCUT2D eigenvalue weighted by atomic mass is 10.1. The highest BCUT2D eigenvalue weighted by atomic mass is 32.1.